The van der Waals surface area contributed by atoms with Crippen LogP contribution in [0.1, 0.15) is 0 Å². The highest BCUT2D eigenvalue weighted by Gasteiger charge is 2.29. The Morgan fingerprint density at radius 2 is 1.78 bits per heavy atom. The largest absolute Gasteiger partial charge is 0.486 e. The number of hydrogen-bond donors (Lipinski definition) is 1. The van der Waals surface area contributed by atoms with Gasteiger partial charge in [-0.3, -0.25) is 4.72 Å². The van der Waals surface area contributed by atoms with Crippen LogP contribution in [0.3, 0.4) is 0 Å². The van der Waals surface area contributed by atoms with Crippen LogP contribution >= 0.6 is 11.6 Å². The Morgan fingerprint density at radius 1 is 1.07 bits per heavy atom. The van der Waals surface area contributed by atoms with Crippen molar-refractivity contribution in [2.75, 3.05) is 24.5 Å². The van der Waals surface area contributed by atoms with Gasteiger partial charge in [0.05, 0.1) is 10.6 Å². The zero-order chi connectivity index (χ0) is 19.7. The summed E-state index contributed by atoms with van der Waals surface area (Å²) < 4.78 is 80.0. The number of hydrogen-bond acceptors (Lipinski definition) is 5. The standard InChI is InChI=1S/C16H13ClF3NO5S/c17-10-1-3-13(26-9-16(18,19)20)12(7-10)21-27(22,23)11-2-4-14-15(8-11)25-6-5-24-14/h1-4,7-8,21H,5-6,9H2. The lowest BCUT2D eigenvalue weighted by Gasteiger charge is -2.19. The third kappa shape index (κ3) is 4.89. The molecule has 1 aliphatic heterocycles. The van der Waals surface area contributed by atoms with Gasteiger partial charge in [0.2, 0.25) is 0 Å². The Labute approximate surface area is 157 Å². The minimum absolute atomic E-state index is 0.120. The van der Waals surface area contributed by atoms with Crippen molar-refractivity contribution in [3.05, 3.63) is 41.4 Å². The highest BCUT2D eigenvalue weighted by Crippen LogP contribution is 2.35. The van der Waals surface area contributed by atoms with E-state index in [1.807, 2.05) is 0 Å². The molecule has 1 heterocycles. The molecule has 0 unspecified atom stereocenters. The van der Waals surface area contributed by atoms with E-state index < -0.39 is 22.8 Å². The second-order valence-electron chi connectivity index (χ2n) is 5.46. The van der Waals surface area contributed by atoms with E-state index in [0.29, 0.717) is 12.4 Å². The molecule has 1 N–H and O–H groups in total. The minimum atomic E-state index is -4.58. The van der Waals surface area contributed by atoms with Crippen molar-refractivity contribution >= 4 is 27.3 Å². The van der Waals surface area contributed by atoms with Crippen LogP contribution in [-0.2, 0) is 10.0 Å². The zero-order valence-electron chi connectivity index (χ0n) is 13.5. The molecule has 0 atom stereocenters. The zero-order valence-corrected chi connectivity index (χ0v) is 15.1. The minimum Gasteiger partial charge on any atom is -0.486 e. The molecule has 1 aliphatic rings. The molecule has 2 aromatic carbocycles. The highest BCUT2D eigenvalue weighted by atomic mass is 35.5. The third-order valence-corrected chi connectivity index (χ3v) is 5.00. The summed E-state index contributed by atoms with van der Waals surface area (Å²) in [5, 5.41) is 0.120. The first-order valence-corrected chi connectivity index (χ1v) is 9.42. The summed E-state index contributed by atoms with van der Waals surface area (Å²) in [6.07, 6.45) is -4.58. The maximum atomic E-state index is 12.6. The molecular weight excluding hydrogens is 411 g/mol. The fraction of sp³-hybridized carbons (Fsp3) is 0.250. The van der Waals surface area contributed by atoms with Gasteiger partial charge in [-0.15, -0.1) is 0 Å². The van der Waals surface area contributed by atoms with Crippen LogP contribution in [0.4, 0.5) is 18.9 Å². The molecule has 146 valence electrons. The second kappa shape index (κ2) is 7.35. The molecule has 6 nitrogen and oxygen atoms in total. The number of alkyl halides is 3. The lowest BCUT2D eigenvalue weighted by Crippen LogP contribution is -2.20. The summed E-state index contributed by atoms with van der Waals surface area (Å²) in [4.78, 5) is -0.159. The Bertz CT molecular complexity index is 950. The molecule has 0 aromatic heterocycles. The number of ether oxygens (including phenoxy) is 3. The van der Waals surface area contributed by atoms with Crippen LogP contribution in [0.2, 0.25) is 5.02 Å². The van der Waals surface area contributed by atoms with Crippen molar-refractivity contribution < 1.29 is 35.8 Å². The van der Waals surface area contributed by atoms with Gasteiger partial charge in [-0.1, -0.05) is 11.6 Å². The predicted octanol–water partition coefficient (Wildman–Crippen LogP) is 3.85. The van der Waals surface area contributed by atoms with Gasteiger partial charge in [-0.25, -0.2) is 8.42 Å². The van der Waals surface area contributed by atoms with Crippen LogP contribution in [0, 0.1) is 0 Å². The van der Waals surface area contributed by atoms with Gasteiger partial charge in [0.15, 0.2) is 18.1 Å². The van der Waals surface area contributed by atoms with Gasteiger partial charge >= 0.3 is 6.18 Å². The maximum Gasteiger partial charge on any atom is 0.422 e. The van der Waals surface area contributed by atoms with Crippen molar-refractivity contribution in [2.24, 2.45) is 0 Å². The molecule has 0 fully saturated rings. The van der Waals surface area contributed by atoms with Crippen molar-refractivity contribution in [2.45, 2.75) is 11.1 Å². The first-order valence-electron chi connectivity index (χ1n) is 7.56. The number of nitrogens with one attached hydrogen (secondary N) is 1. The van der Waals surface area contributed by atoms with Crippen LogP contribution < -0.4 is 18.9 Å². The summed E-state index contributed by atoms with van der Waals surface area (Å²) in [6.45, 7) is -0.958. The van der Waals surface area contributed by atoms with Gasteiger partial charge in [-0.2, -0.15) is 13.2 Å². The number of halogens is 4. The Kier molecular flexibility index (Phi) is 5.29. The average molecular weight is 424 g/mol. The van der Waals surface area contributed by atoms with Crippen molar-refractivity contribution in [3.63, 3.8) is 0 Å². The SMILES string of the molecule is O=S(=O)(Nc1cc(Cl)ccc1OCC(F)(F)F)c1ccc2c(c1)OCCO2. The summed E-state index contributed by atoms with van der Waals surface area (Å²) in [5.41, 5.74) is -0.221. The molecule has 0 saturated heterocycles. The molecule has 3 rings (SSSR count). The van der Waals surface area contributed by atoms with Gasteiger partial charge < -0.3 is 14.2 Å². The van der Waals surface area contributed by atoms with Gasteiger partial charge in [0.25, 0.3) is 10.0 Å². The summed E-state index contributed by atoms with van der Waals surface area (Å²) in [7, 11) is -4.15. The topological polar surface area (TPSA) is 73.9 Å². The smallest absolute Gasteiger partial charge is 0.422 e. The second-order valence-corrected chi connectivity index (χ2v) is 7.57. The van der Waals surface area contributed by atoms with Crippen molar-refractivity contribution in [3.8, 4) is 17.2 Å². The molecule has 2 aromatic rings. The predicted molar refractivity (Wildman–Crippen MR) is 91.2 cm³/mol. The average Bonchev–Trinajstić information content (AvgIpc) is 2.59. The molecule has 0 aliphatic carbocycles. The van der Waals surface area contributed by atoms with E-state index in [1.54, 1.807) is 0 Å². The molecular formula is C16H13ClF3NO5S. The van der Waals surface area contributed by atoms with E-state index in [1.165, 1.54) is 24.3 Å². The number of benzene rings is 2. The van der Waals surface area contributed by atoms with E-state index >= 15 is 0 Å². The fourth-order valence-electron chi connectivity index (χ4n) is 2.26. The molecule has 0 spiro atoms. The number of fused-ring (bicyclic) bond motifs is 1. The Balaban J connectivity index is 1.88. The Morgan fingerprint density at radius 3 is 2.48 bits per heavy atom. The number of rotatable bonds is 5. The molecule has 0 bridgehead atoms. The fourth-order valence-corrected chi connectivity index (χ4v) is 3.51. The van der Waals surface area contributed by atoms with Crippen LogP contribution in [-0.4, -0.2) is 34.4 Å². The molecule has 11 heteroatoms. The summed E-state index contributed by atoms with van der Waals surface area (Å²) in [5.74, 6) is 0.346. The van der Waals surface area contributed by atoms with Crippen LogP contribution in [0.5, 0.6) is 17.2 Å². The van der Waals surface area contributed by atoms with E-state index in [-0.39, 0.29) is 33.7 Å². The summed E-state index contributed by atoms with van der Waals surface area (Å²) >= 11 is 5.83. The highest BCUT2D eigenvalue weighted by molar-refractivity contribution is 7.92. The van der Waals surface area contributed by atoms with E-state index in [4.69, 9.17) is 21.1 Å². The molecule has 0 amide bonds. The van der Waals surface area contributed by atoms with Gasteiger partial charge in [-0.05, 0) is 30.3 Å². The monoisotopic (exact) mass is 423 g/mol. The summed E-state index contributed by atoms with van der Waals surface area (Å²) in [6, 6.07) is 7.57. The van der Waals surface area contributed by atoms with Gasteiger partial charge in [0, 0.05) is 11.1 Å². The maximum absolute atomic E-state index is 12.6. The van der Waals surface area contributed by atoms with E-state index in [0.717, 1.165) is 12.1 Å². The molecule has 27 heavy (non-hydrogen) atoms. The van der Waals surface area contributed by atoms with Crippen molar-refractivity contribution in [1.29, 1.82) is 0 Å². The molecule has 0 radical (unpaired) electrons. The lowest BCUT2D eigenvalue weighted by molar-refractivity contribution is -0.153. The number of sulfonamides is 1. The van der Waals surface area contributed by atoms with Gasteiger partial charge in [0.1, 0.15) is 19.0 Å². The quantitative estimate of drug-likeness (QED) is 0.790. The van der Waals surface area contributed by atoms with E-state index in [9.17, 15) is 21.6 Å². The first kappa shape index (κ1) is 19.4. The van der Waals surface area contributed by atoms with Crippen LogP contribution in [0.25, 0.3) is 0 Å². The lowest BCUT2D eigenvalue weighted by atomic mass is 10.3. The molecule has 0 saturated carbocycles. The Hall–Kier alpha value is -2.33. The van der Waals surface area contributed by atoms with Crippen molar-refractivity contribution in [1.82, 2.24) is 0 Å². The first-order chi connectivity index (χ1) is 12.6. The normalized spacial score (nSPS) is 13.9. The third-order valence-electron chi connectivity index (χ3n) is 3.40. The number of anilines is 1. The van der Waals surface area contributed by atoms with E-state index in [2.05, 4.69) is 9.46 Å². The van der Waals surface area contributed by atoms with Crippen LogP contribution in [0.15, 0.2) is 41.3 Å².